The molecule has 0 unspecified atom stereocenters. The Hall–Kier alpha value is -1.77. The molecular weight excluding hydrogens is 334 g/mol. The number of anilines is 1. The van der Waals surface area contributed by atoms with Crippen LogP contribution in [0, 0.1) is 6.92 Å². The van der Waals surface area contributed by atoms with Crippen LogP contribution in [-0.2, 0) is 14.8 Å². The van der Waals surface area contributed by atoms with Gasteiger partial charge in [-0.15, -0.1) is 11.3 Å². The largest absolute Gasteiger partial charge is 0.302 e. The number of aromatic nitrogens is 1. The number of aryl methyl sites for hydroxylation is 1. The fourth-order valence-electron chi connectivity index (χ4n) is 1.94. The Morgan fingerprint density at radius 3 is 2.61 bits per heavy atom. The molecule has 2 rings (SSSR count). The number of hydrogen-bond acceptors (Lipinski definition) is 5. The molecule has 8 heteroatoms. The number of benzene rings is 1. The Balaban J connectivity index is 1.85. The van der Waals surface area contributed by atoms with Gasteiger partial charge in [-0.2, -0.15) is 0 Å². The molecule has 0 saturated heterocycles. The average Bonchev–Trinajstić information content (AvgIpc) is 3.00. The van der Waals surface area contributed by atoms with Gasteiger partial charge in [0.15, 0.2) is 5.13 Å². The van der Waals surface area contributed by atoms with Gasteiger partial charge in [0.05, 0.1) is 4.90 Å². The highest BCUT2D eigenvalue weighted by atomic mass is 32.2. The lowest BCUT2D eigenvalue weighted by Crippen LogP contribution is -2.28. The summed E-state index contributed by atoms with van der Waals surface area (Å²) >= 11 is 1.34. The third-order valence-electron chi connectivity index (χ3n) is 3.28. The molecule has 23 heavy (non-hydrogen) atoms. The van der Waals surface area contributed by atoms with Crippen molar-refractivity contribution in [3.63, 3.8) is 0 Å². The molecule has 1 aromatic heterocycles. The van der Waals surface area contributed by atoms with E-state index in [-0.39, 0.29) is 23.8 Å². The lowest BCUT2D eigenvalue weighted by Gasteiger charge is -2.17. The summed E-state index contributed by atoms with van der Waals surface area (Å²) in [7, 11) is -1.99. The molecule has 0 bridgehead atoms. The van der Waals surface area contributed by atoms with E-state index in [0.29, 0.717) is 11.6 Å². The molecule has 0 aliphatic carbocycles. The first-order valence-corrected chi connectivity index (χ1v) is 9.44. The zero-order chi connectivity index (χ0) is 16.9. The molecule has 1 heterocycles. The molecule has 0 saturated carbocycles. The van der Waals surface area contributed by atoms with Crippen LogP contribution in [0.1, 0.15) is 18.4 Å². The van der Waals surface area contributed by atoms with Gasteiger partial charge in [-0.3, -0.25) is 4.79 Å². The second kappa shape index (κ2) is 7.67. The van der Waals surface area contributed by atoms with E-state index in [1.807, 2.05) is 6.92 Å². The molecular formula is C15H19N3O3S2. The number of carbonyl (C=O) groups excluding carboxylic acids is 1. The molecule has 1 amide bonds. The molecule has 0 spiro atoms. The molecule has 0 aliphatic heterocycles. The van der Waals surface area contributed by atoms with Crippen LogP contribution in [0.2, 0.25) is 0 Å². The maximum Gasteiger partial charge on any atom is 0.242 e. The maximum atomic E-state index is 12.4. The summed E-state index contributed by atoms with van der Waals surface area (Å²) in [6, 6.07) is 6.72. The summed E-state index contributed by atoms with van der Waals surface area (Å²) in [6.07, 6.45) is 2.30. The van der Waals surface area contributed by atoms with Crippen LogP contribution in [-0.4, -0.2) is 37.2 Å². The lowest BCUT2D eigenvalue weighted by atomic mass is 10.2. The van der Waals surface area contributed by atoms with Gasteiger partial charge in [-0.25, -0.2) is 17.7 Å². The van der Waals surface area contributed by atoms with Crippen LogP contribution in [0.5, 0.6) is 0 Å². The number of sulfonamides is 1. The van der Waals surface area contributed by atoms with Crippen LogP contribution in [0.4, 0.5) is 5.13 Å². The van der Waals surface area contributed by atoms with E-state index in [2.05, 4.69) is 10.3 Å². The fourth-order valence-corrected chi connectivity index (χ4v) is 3.69. The Bertz CT molecular complexity index is 741. The first kappa shape index (κ1) is 17.6. The van der Waals surface area contributed by atoms with E-state index in [4.69, 9.17) is 0 Å². The SMILES string of the molecule is Cc1ccc(S(=O)(=O)N(C)CCCC(=O)Nc2nccs2)cc1. The Morgan fingerprint density at radius 2 is 2.00 bits per heavy atom. The summed E-state index contributed by atoms with van der Waals surface area (Å²) in [6.45, 7) is 2.18. The van der Waals surface area contributed by atoms with E-state index in [0.717, 1.165) is 5.56 Å². The van der Waals surface area contributed by atoms with Crippen LogP contribution in [0.3, 0.4) is 0 Å². The van der Waals surface area contributed by atoms with Crippen LogP contribution < -0.4 is 5.32 Å². The number of thiazole rings is 1. The van der Waals surface area contributed by atoms with Crippen molar-refractivity contribution < 1.29 is 13.2 Å². The van der Waals surface area contributed by atoms with E-state index >= 15 is 0 Å². The molecule has 0 aliphatic rings. The summed E-state index contributed by atoms with van der Waals surface area (Å²) in [5, 5.41) is 5.00. The monoisotopic (exact) mass is 353 g/mol. The first-order chi connectivity index (χ1) is 10.9. The molecule has 6 nitrogen and oxygen atoms in total. The smallest absolute Gasteiger partial charge is 0.242 e. The summed E-state index contributed by atoms with van der Waals surface area (Å²) in [4.78, 5) is 16.0. The quantitative estimate of drug-likeness (QED) is 0.829. The minimum Gasteiger partial charge on any atom is -0.302 e. The normalized spacial score (nSPS) is 11.6. The van der Waals surface area contributed by atoms with Crippen LogP contribution in [0.25, 0.3) is 0 Å². The van der Waals surface area contributed by atoms with Crippen molar-refractivity contribution in [2.45, 2.75) is 24.7 Å². The Labute approximate surface area is 140 Å². The number of carbonyl (C=O) groups is 1. The van der Waals surface area contributed by atoms with Gasteiger partial charge in [-0.1, -0.05) is 17.7 Å². The third-order valence-corrected chi connectivity index (χ3v) is 5.84. The topological polar surface area (TPSA) is 79.4 Å². The van der Waals surface area contributed by atoms with Gasteiger partial charge in [0.2, 0.25) is 15.9 Å². The highest BCUT2D eigenvalue weighted by molar-refractivity contribution is 7.89. The molecule has 0 radical (unpaired) electrons. The highest BCUT2D eigenvalue weighted by Crippen LogP contribution is 2.16. The highest BCUT2D eigenvalue weighted by Gasteiger charge is 2.20. The standard InChI is InChI=1S/C15H19N3O3S2/c1-12-5-7-13(8-6-12)23(20,21)18(2)10-3-4-14(19)17-15-16-9-11-22-15/h5-9,11H,3-4,10H2,1-2H3,(H,16,17,19). The van der Waals surface area contributed by atoms with Gasteiger partial charge >= 0.3 is 0 Å². The van der Waals surface area contributed by atoms with Crippen LogP contribution >= 0.6 is 11.3 Å². The lowest BCUT2D eigenvalue weighted by molar-refractivity contribution is -0.116. The molecule has 1 N–H and O–H groups in total. The third kappa shape index (κ3) is 4.85. The average molecular weight is 353 g/mol. The second-order valence-corrected chi connectivity index (χ2v) is 8.07. The van der Waals surface area contributed by atoms with Gasteiger partial charge in [0.1, 0.15) is 0 Å². The van der Waals surface area contributed by atoms with E-state index in [1.165, 1.54) is 22.7 Å². The second-order valence-electron chi connectivity index (χ2n) is 5.13. The minimum atomic E-state index is -3.51. The van der Waals surface area contributed by atoms with Crippen molar-refractivity contribution in [3.8, 4) is 0 Å². The number of nitrogens with zero attached hydrogens (tertiary/aromatic N) is 2. The van der Waals surface area contributed by atoms with Crippen molar-refractivity contribution in [3.05, 3.63) is 41.4 Å². The van der Waals surface area contributed by atoms with Crippen molar-refractivity contribution >= 4 is 32.4 Å². The number of rotatable bonds is 7. The predicted octanol–water partition coefficient (Wildman–Crippen LogP) is 2.49. The molecule has 124 valence electrons. The van der Waals surface area contributed by atoms with Gasteiger partial charge in [-0.05, 0) is 25.5 Å². The fraction of sp³-hybridized carbons (Fsp3) is 0.333. The van der Waals surface area contributed by atoms with E-state index in [1.54, 1.807) is 35.8 Å². The summed E-state index contributed by atoms with van der Waals surface area (Å²) < 4.78 is 26.1. The number of nitrogens with one attached hydrogen (secondary N) is 1. The summed E-state index contributed by atoms with van der Waals surface area (Å²) in [5.41, 5.74) is 1.01. The van der Waals surface area contributed by atoms with Gasteiger partial charge in [0.25, 0.3) is 0 Å². The number of amides is 1. The molecule has 0 fully saturated rings. The van der Waals surface area contributed by atoms with Crippen molar-refractivity contribution in [1.82, 2.24) is 9.29 Å². The minimum absolute atomic E-state index is 0.166. The molecule has 0 atom stereocenters. The number of hydrogen-bond donors (Lipinski definition) is 1. The summed E-state index contributed by atoms with van der Waals surface area (Å²) in [5.74, 6) is -0.166. The molecule has 2 aromatic rings. The van der Waals surface area contributed by atoms with E-state index in [9.17, 15) is 13.2 Å². The first-order valence-electron chi connectivity index (χ1n) is 7.12. The van der Waals surface area contributed by atoms with Gasteiger partial charge in [0, 0.05) is 31.6 Å². The van der Waals surface area contributed by atoms with Crippen LogP contribution in [0.15, 0.2) is 40.7 Å². The van der Waals surface area contributed by atoms with E-state index < -0.39 is 10.0 Å². The Morgan fingerprint density at radius 1 is 1.30 bits per heavy atom. The zero-order valence-electron chi connectivity index (χ0n) is 13.0. The maximum absolute atomic E-state index is 12.4. The van der Waals surface area contributed by atoms with Crippen molar-refractivity contribution in [2.24, 2.45) is 0 Å². The van der Waals surface area contributed by atoms with Crippen molar-refractivity contribution in [1.29, 1.82) is 0 Å². The van der Waals surface area contributed by atoms with Crippen molar-refractivity contribution in [2.75, 3.05) is 18.9 Å². The molecule has 1 aromatic carbocycles. The Kier molecular flexibility index (Phi) is 5.86. The van der Waals surface area contributed by atoms with Gasteiger partial charge < -0.3 is 5.32 Å². The predicted molar refractivity (Wildman–Crippen MR) is 91.0 cm³/mol. The zero-order valence-corrected chi connectivity index (χ0v) is 14.7.